The Morgan fingerprint density at radius 2 is 1.97 bits per heavy atom. The summed E-state index contributed by atoms with van der Waals surface area (Å²) in [5.74, 6) is 0.541. The van der Waals surface area contributed by atoms with Crippen LogP contribution in [0.25, 0.3) is 10.6 Å². The average molecular weight is 491 g/mol. The van der Waals surface area contributed by atoms with Gasteiger partial charge >= 0.3 is 5.97 Å². The van der Waals surface area contributed by atoms with Crippen molar-refractivity contribution in [2.75, 3.05) is 19.5 Å². The van der Waals surface area contributed by atoms with Gasteiger partial charge < -0.3 is 19.5 Å². The summed E-state index contributed by atoms with van der Waals surface area (Å²) in [4.78, 5) is 30.1. The van der Waals surface area contributed by atoms with Gasteiger partial charge in [-0.3, -0.25) is 9.59 Å². The Labute approximate surface area is 198 Å². The number of aromatic nitrogens is 1. The molecule has 7 nitrogen and oxygen atoms in total. The summed E-state index contributed by atoms with van der Waals surface area (Å²) in [5.41, 5.74) is 2.16. The third kappa shape index (κ3) is 5.01. The molecular weight excluding hydrogens is 472 g/mol. The SMILES string of the molecule is COc1ccc(-c2nc(COC(=O)CC3Sc4ccc(Cl)cc4NC3=O)cs2)cc1OC. The molecule has 0 aliphatic carbocycles. The number of amides is 1. The van der Waals surface area contributed by atoms with Gasteiger partial charge in [0.15, 0.2) is 11.5 Å². The highest BCUT2D eigenvalue weighted by Gasteiger charge is 2.29. The molecule has 32 heavy (non-hydrogen) atoms. The summed E-state index contributed by atoms with van der Waals surface area (Å²) in [6, 6.07) is 10.8. The van der Waals surface area contributed by atoms with Gasteiger partial charge in [-0.15, -0.1) is 23.1 Å². The maximum atomic E-state index is 12.3. The van der Waals surface area contributed by atoms with Crippen LogP contribution in [0.1, 0.15) is 12.1 Å². The normalized spacial score (nSPS) is 15.0. The van der Waals surface area contributed by atoms with Crippen molar-refractivity contribution in [1.82, 2.24) is 4.98 Å². The van der Waals surface area contributed by atoms with E-state index in [0.717, 1.165) is 15.5 Å². The maximum Gasteiger partial charge on any atom is 0.307 e. The minimum absolute atomic E-state index is 0.0355. The molecule has 1 N–H and O–H groups in total. The number of thiazole rings is 1. The number of nitrogens with one attached hydrogen (secondary N) is 1. The number of fused-ring (bicyclic) bond motifs is 1. The molecule has 0 bridgehead atoms. The number of carbonyl (C=O) groups is 2. The van der Waals surface area contributed by atoms with Gasteiger partial charge in [-0.1, -0.05) is 11.6 Å². The second-order valence-corrected chi connectivity index (χ2v) is 9.35. The van der Waals surface area contributed by atoms with Crippen molar-refractivity contribution in [3.63, 3.8) is 0 Å². The first kappa shape index (κ1) is 22.4. The molecule has 2 aromatic carbocycles. The molecule has 0 saturated heterocycles. The zero-order valence-electron chi connectivity index (χ0n) is 17.2. The maximum absolute atomic E-state index is 12.3. The van der Waals surface area contributed by atoms with Crippen LogP contribution in [0.4, 0.5) is 5.69 Å². The molecule has 1 aromatic heterocycles. The fourth-order valence-corrected chi connectivity index (χ4v) is 5.15. The van der Waals surface area contributed by atoms with Gasteiger partial charge in [-0.25, -0.2) is 4.98 Å². The molecule has 166 valence electrons. The lowest BCUT2D eigenvalue weighted by Crippen LogP contribution is -2.31. The van der Waals surface area contributed by atoms with Gasteiger partial charge in [0, 0.05) is 20.9 Å². The van der Waals surface area contributed by atoms with E-state index in [9.17, 15) is 9.59 Å². The summed E-state index contributed by atoms with van der Waals surface area (Å²) in [6.45, 7) is 0.0355. The summed E-state index contributed by atoms with van der Waals surface area (Å²) >= 11 is 8.73. The van der Waals surface area contributed by atoms with Gasteiger partial charge in [-0.2, -0.15) is 0 Å². The molecule has 2 heterocycles. The molecule has 0 spiro atoms. The molecule has 0 saturated carbocycles. The number of benzene rings is 2. The van der Waals surface area contributed by atoms with Crippen LogP contribution >= 0.6 is 34.7 Å². The van der Waals surface area contributed by atoms with Crippen LogP contribution in [0.3, 0.4) is 0 Å². The fraction of sp³-hybridized carbons (Fsp3) is 0.227. The molecule has 1 unspecified atom stereocenters. The molecule has 1 amide bonds. The number of halogens is 1. The fourth-order valence-electron chi connectivity index (χ4n) is 3.10. The van der Waals surface area contributed by atoms with Crippen LogP contribution in [-0.4, -0.2) is 36.3 Å². The topological polar surface area (TPSA) is 86.8 Å². The number of carbonyl (C=O) groups excluding carboxylic acids is 2. The highest BCUT2D eigenvalue weighted by Crippen LogP contribution is 2.38. The van der Waals surface area contributed by atoms with Gasteiger partial charge in [-0.05, 0) is 36.4 Å². The number of esters is 1. The molecular formula is C22H19ClN2O5S2. The van der Waals surface area contributed by atoms with Crippen LogP contribution in [-0.2, 0) is 20.9 Å². The van der Waals surface area contributed by atoms with Crippen LogP contribution in [0, 0.1) is 0 Å². The third-order valence-electron chi connectivity index (χ3n) is 4.68. The zero-order valence-corrected chi connectivity index (χ0v) is 19.6. The number of rotatable bonds is 7. The lowest BCUT2D eigenvalue weighted by atomic mass is 10.2. The first-order chi connectivity index (χ1) is 15.5. The number of thioether (sulfide) groups is 1. The number of nitrogens with zero attached hydrogens (tertiary/aromatic N) is 1. The van der Waals surface area contributed by atoms with Crippen molar-refractivity contribution >= 4 is 52.3 Å². The Morgan fingerprint density at radius 1 is 1.16 bits per heavy atom. The van der Waals surface area contributed by atoms with E-state index in [2.05, 4.69) is 10.3 Å². The van der Waals surface area contributed by atoms with Crippen molar-refractivity contribution in [3.8, 4) is 22.1 Å². The molecule has 1 aliphatic rings. The minimum Gasteiger partial charge on any atom is -0.493 e. The standard InChI is InChI=1S/C22H19ClN2O5S2/c1-28-16-5-3-12(7-17(16)29-2)22-24-14(11-31-22)10-30-20(26)9-19-21(27)25-15-8-13(23)4-6-18(15)32-19/h3-8,11,19H,9-10H2,1-2H3,(H,25,27). The van der Waals surface area contributed by atoms with Crippen molar-refractivity contribution in [3.05, 3.63) is 52.5 Å². The monoisotopic (exact) mass is 490 g/mol. The van der Waals surface area contributed by atoms with E-state index >= 15 is 0 Å². The first-order valence-electron chi connectivity index (χ1n) is 9.56. The Morgan fingerprint density at radius 3 is 2.75 bits per heavy atom. The number of hydrogen-bond acceptors (Lipinski definition) is 8. The zero-order chi connectivity index (χ0) is 22.7. The van der Waals surface area contributed by atoms with Crippen molar-refractivity contribution < 1.29 is 23.8 Å². The molecule has 1 aliphatic heterocycles. The van der Waals surface area contributed by atoms with Gasteiger partial charge in [0.1, 0.15) is 11.6 Å². The highest BCUT2D eigenvalue weighted by atomic mass is 35.5. The van der Waals surface area contributed by atoms with Gasteiger partial charge in [0.05, 0.1) is 37.3 Å². The first-order valence-corrected chi connectivity index (χ1v) is 11.7. The Balaban J connectivity index is 1.35. The number of hydrogen-bond donors (Lipinski definition) is 1. The summed E-state index contributed by atoms with van der Waals surface area (Å²) < 4.78 is 16.0. The number of anilines is 1. The van der Waals surface area contributed by atoms with E-state index in [0.29, 0.717) is 27.9 Å². The van der Waals surface area contributed by atoms with Crippen LogP contribution in [0.2, 0.25) is 5.02 Å². The Bertz CT molecular complexity index is 1170. The predicted molar refractivity (Wildman–Crippen MR) is 125 cm³/mol. The lowest BCUT2D eigenvalue weighted by Gasteiger charge is -2.23. The van der Waals surface area contributed by atoms with Crippen molar-refractivity contribution in [1.29, 1.82) is 0 Å². The third-order valence-corrected chi connectivity index (χ3v) is 7.13. The second kappa shape index (κ2) is 9.81. The van der Waals surface area contributed by atoms with E-state index < -0.39 is 11.2 Å². The summed E-state index contributed by atoms with van der Waals surface area (Å²) in [5, 5.41) is 5.37. The lowest BCUT2D eigenvalue weighted by molar-refractivity contribution is -0.145. The molecule has 0 radical (unpaired) electrons. The molecule has 4 rings (SSSR count). The largest absolute Gasteiger partial charge is 0.493 e. The quantitative estimate of drug-likeness (QED) is 0.465. The van der Waals surface area contributed by atoms with Crippen molar-refractivity contribution in [2.24, 2.45) is 0 Å². The smallest absolute Gasteiger partial charge is 0.307 e. The predicted octanol–water partition coefficient (Wildman–Crippen LogP) is 5.03. The molecule has 3 aromatic rings. The number of ether oxygens (including phenoxy) is 3. The Hall–Kier alpha value is -2.75. The molecule has 1 atom stereocenters. The number of methoxy groups -OCH3 is 2. The van der Waals surface area contributed by atoms with E-state index in [4.69, 9.17) is 25.8 Å². The average Bonchev–Trinajstić information content (AvgIpc) is 3.27. The van der Waals surface area contributed by atoms with E-state index in [1.165, 1.54) is 23.1 Å². The van der Waals surface area contributed by atoms with Crippen molar-refractivity contribution in [2.45, 2.75) is 23.2 Å². The Kier molecular flexibility index (Phi) is 6.88. The minimum atomic E-state index is -0.561. The van der Waals surface area contributed by atoms with Crippen LogP contribution in [0.5, 0.6) is 11.5 Å². The van der Waals surface area contributed by atoms with Crippen LogP contribution < -0.4 is 14.8 Å². The van der Waals surface area contributed by atoms with Gasteiger partial charge in [0.2, 0.25) is 5.91 Å². The van der Waals surface area contributed by atoms with Gasteiger partial charge in [0.25, 0.3) is 0 Å². The second-order valence-electron chi connectivity index (χ2n) is 6.81. The highest BCUT2D eigenvalue weighted by molar-refractivity contribution is 8.01. The molecule has 10 heteroatoms. The summed E-state index contributed by atoms with van der Waals surface area (Å²) in [6.07, 6.45) is -0.0365. The molecule has 0 fully saturated rings. The van der Waals surface area contributed by atoms with E-state index in [1.807, 2.05) is 29.6 Å². The van der Waals surface area contributed by atoms with Crippen LogP contribution in [0.15, 0.2) is 46.7 Å². The van der Waals surface area contributed by atoms with E-state index in [-0.39, 0.29) is 18.9 Å². The summed E-state index contributed by atoms with van der Waals surface area (Å²) in [7, 11) is 3.16. The van der Waals surface area contributed by atoms with E-state index in [1.54, 1.807) is 26.4 Å².